The van der Waals surface area contributed by atoms with Gasteiger partial charge in [0, 0.05) is 13.0 Å². The van der Waals surface area contributed by atoms with Gasteiger partial charge in [-0.1, -0.05) is 165 Å². The summed E-state index contributed by atoms with van der Waals surface area (Å²) in [5.41, 5.74) is 0. The Morgan fingerprint density at radius 3 is 1.67 bits per heavy atom. The predicted octanol–water partition coefficient (Wildman–Crippen LogP) is 9.75. The van der Waals surface area contributed by atoms with Gasteiger partial charge in [0.15, 0.2) is 6.29 Å². The highest BCUT2D eigenvalue weighted by molar-refractivity contribution is 5.69. The van der Waals surface area contributed by atoms with Crippen molar-refractivity contribution in [3.63, 3.8) is 0 Å². The van der Waals surface area contributed by atoms with E-state index in [1.807, 2.05) is 0 Å². The molecule has 1 aliphatic rings. The SMILES string of the molecule is CC/C=C\C/C=C\C/C=C\C/C=C\CCCCCCCCCCCCC(=O)OC(COCCCCCCCCCCC)COC1OC(CO)C(O)C(O)C1O. The lowest BCUT2D eigenvalue weighted by Crippen LogP contribution is -2.59. The number of aliphatic hydroxyl groups is 4. The number of carbonyl (C=O) groups excluding carboxylic acids is 1. The van der Waals surface area contributed by atoms with Crippen molar-refractivity contribution in [1.82, 2.24) is 0 Å². The molecule has 1 heterocycles. The van der Waals surface area contributed by atoms with Crippen molar-refractivity contribution in [3.05, 3.63) is 48.6 Å². The summed E-state index contributed by atoms with van der Waals surface area (Å²) < 4.78 is 22.7. The Morgan fingerprint density at radius 1 is 0.600 bits per heavy atom. The van der Waals surface area contributed by atoms with Crippen molar-refractivity contribution in [1.29, 1.82) is 0 Å². The minimum atomic E-state index is -1.54. The third-order valence-corrected chi connectivity index (χ3v) is 10.0. The quantitative estimate of drug-likeness (QED) is 0.0276. The zero-order valence-electron chi connectivity index (χ0n) is 34.9. The maximum atomic E-state index is 12.7. The fourth-order valence-electron chi connectivity index (χ4n) is 6.54. The summed E-state index contributed by atoms with van der Waals surface area (Å²) in [6.07, 6.45) is 38.6. The maximum Gasteiger partial charge on any atom is 0.306 e. The number of esters is 1. The van der Waals surface area contributed by atoms with Crippen molar-refractivity contribution in [3.8, 4) is 0 Å². The van der Waals surface area contributed by atoms with E-state index in [1.54, 1.807) is 0 Å². The molecule has 0 aromatic carbocycles. The standard InChI is InChI=1S/C46H82O9/c1-3-5-7-9-11-13-14-15-16-17-18-19-20-21-22-23-24-25-26-27-29-31-33-35-42(48)54-40(38-52-36-34-32-30-28-12-10-8-6-4-2)39-53-46-45(51)44(50)43(49)41(37-47)55-46/h5,7,11,13,15-16,18-19,40-41,43-47,49-51H,3-4,6,8-10,12,14,17,20-39H2,1-2H3/b7-5-,13-11-,16-15-,19-18-. The van der Waals surface area contributed by atoms with Crippen molar-refractivity contribution >= 4 is 5.97 Å². The van der Waals surface area contributed by atoms with Crippen LogP contribution in [0.1, 0.15) is 174 Å². The number of allylic oxidation sites excluding steroid dienone is 8. The second kappa shape index (κ2) is 37.7. The molecule has 1 saturated heterocycles. The molecule has 0 spiro atoms. The fourth-order valence-corrected chi connectivity index (χ4v) is 6.54. The van der Waals surface area contributed by atoms with E-state index >= 15 is 0 Å². The van der Waals surface area contributed by atoms with Crippen LogP contribution in [0.25, 0.3) is 0 Å². The topological polar surface area (TPSA) is 135 Å². The van der Waals surface area contributed by atoms with Crippen LogP contribution in [0.2, 0.25) is 0 Å². The van der Waals surface area contributed by atoms with Crippen LogP contribution in [0.3, 0.4) is 0 Å². The zero-order valence-corrected chi connectivity index (χ0v) is 34.9. The second-order valence-electron chi connectivity index (χ2n) is 15.1. The Balaban J connectivity index is 2.20. The lowest BCUT2D eigenvalue weighted by molar-refractivity contribution is -0.305. The summed E-state index contributed by atoms with van der Waals surface area (Å²) in [7, 11) is 0. The summed E-state index contributed by atoms with van der Waals surface area (Å²) >= 11 is 0. The Hall–Kier alpha value is -1.85. The number of ether oxygens (including phenoxy) is 4. The molecule has 4 N–H and O–H groups in total. The number of hydrogen-bond acceptors (Lipinski definition) is 9. The highest BCUT2D eigenvalue weighted by Gasteiger charge is 2.44. The number of carbonyl (C=O) groups is 1. The predicted molar refractivity (Wildman–Crippen MR) is 224 cm³/mol. The maximum absolute atomic E-state index is 12.7. The highest BCUT2D eigenvalue weighted by Crippen LogP contribution is 2.22. The van der Waals surface area contributed by atoms with Crippen LogP contribution >= 0.6 is 0 Å². The van der Waals surface area contributed by atoms with Crippen molar-refractivity contribution in [2.45, 2.75) is 211 Å². The van der Waals surface area contributed by atoms with Gasteiger partial charge < -0.3 is 39.4 Å². The molecule has 0 amide bonds. The van der Waals surface area contributed by atoms with Gasteiger partial charge in [-0.3, -0.25) is 4.79 Å². The molecule has 9 heteroatoms. The Bertz CT molecular complexity index is 978. The summed E-state index contributed by atoms with van der Waals surface area (Å²) in [6, 6.07) is 0. The number of hydrogen-bond donors (Lipinski definition) is 4. The zero-order chi connectivity index (χ0) is 40.0. The summed E-state index contributed by atoms with van der Waals surface area (Å²) in [4.78, 5) is 12.7. The molecule has 9 nitrogen and oxygen atoms in total. The molecule has 6 unspecified atom stereocenters. The molecule has 1 fully saturated rings. The van der Waals surface area contributed by atoms with E-state index in [1.165, 1.54) is 96.3 Å². The Morgan fingerprint density at radius 2 is 1.11 bits per heavy atom. The molecule has 0 aromatic heterocycles. The van der Waals surface area contributed by atoms with Crippen molar-refractivity contribution in [2.24, 2.45) is 0 Å². The molecule has 0 radical (unpaired) electrons. The molecular weight excluding hydrogens is 696 g/mol. The molecule has 0 aromatic rings. The number of unbranched alkanes of at least 4 members (excludes halogenated alkanes) is 18. The van der Waals surface area contributed by atoms with E-state index in [-0.39, 0.29) is 19.2 Å². The van der Waals surface area contributed by atoms with Crippen LogP contribution in [-0.4, -0.2) is 89.6 Å². The van der Waals surface area contributed by atoms with E-state index in [4.69, 9.17) is 18.9 Å². The van der Waals surface area contributed by atoms with Gasteiger partial charge in [-0.05, 0) is 51.4 Å². The van der Waals surface area contributed by atoms with Gasteiger partial charge in [0.2, 0.25) is 0 Å². The normalized spacial score (nSPS) is 21.2. The van der Waals surface area contributed by atoms with Gasteiger partial charge in [0.1, 0.15) is 30.5 Å². The van der Waals surface area contributed by atoms with Gasteiger partial charge in [0.25, 0.3) is 0 Å². The van der Waals surface area contributed by atoms with E-state index in [0.29, 0.717) is 13.0 Å². The van der Waals surface area contributed by atoms with Crippen molar-refractivity contribution < 1.29 is 44.2 Å². The van der Waals surface area contributed by atoms with Crippen LogP contribution < -0.4 is 0 Å². The van der Waals surface area contributed by atoms with Crippen LogP contribution in [-0.2, 0) is 23.7 Å². The lowest BCUT2D eigenvalue weighted by Gasteiger charge is -2.39. The van der Waals surface area contributed by atoms with Crippen LogP contribution in [0.4, 0.5) is 0 Å². The molecule has 320 valence electrons. The summed E-state index contributed by atoms with van der Waals surface area (Å²) in [6.45, 7) is 4.43. The third kappa shape index (κ3) is 29.1. The second-order valence-corrected chi connectivity index (χ2v) is 15.1. The van der Waals surface area contributed by atoms with Gasteiger partial charge >= 0.3 is 5.97 Å². The first-order chi connectivity index (χ1) is 26.9. The molecule has 1 rings (SSSR count). The smallest absolute Gasteiger partial charge is 0.306 e. The first-order valence-electron chi connectivity index (χ1n) is 22.2. The Kier molecular flexibility index (Phi) is 35.1. The minimum absolute atomic E-state index is 0.114. The molecule has 55 heavy (non-hydrogen) atoms. The van der Waals surface area contributed by atoms with Crippen LogP contribution in [0.15, 0.2) is 48.6 Å². The summed E-state index contributed by atoms with van der Waals surface area (Å²) in [5.74, 6) is -0.320. The van der Waals surface area contributed by atoms with Gasteiger partial charge in [-0.15, -0.1) is 0 Å². The highest BCUT2D eigenvalue weighted by atomic mass is 16.7. The molecule has 0 aliphatic carbocycles. The first kappa shape index (κ1) is 51.2. The Labute approximate surface area is 335 Å². The van der Waals surface area contributed by atoms with Crippen molar-refractivity contribution in [2.75, 3.05) is 26.4 Å². The fraction of sp³-hybridized carbons (Fsp3) is 0.804. The van der Waals surface area contributed by atoms with E-state index < -0.39 is 43.4 Å². The van der Waals surface area contributed by atoms with Gasteiger partial charge in [0.05, 0.1) is 19.8 Å². The van der Waals surface area contributed by atoms with E-state index in [9.17, 15) is 25.2 Å². The van der Waals surface area contributed by atoms with Gasteiger partial charge in [-0.25, -0.2) is 0 Å². The molecule has 0 saturated carbocycles. The monoisotopic (exact) mass is 779 g/mol. The van der Waals surface area contributed by atoms with E-state index in [2.05, 4.69) is 62.5 Å². The molecule has 1 aliphatic heterocycles. The lowest BCUT2D eigenvalue weighted by atomic mass is 9.99. The van der Waals surface area contributed by atoms with Gasteiger partial charge in [-0.2, -0.15) is 0 Å². The molecule has 6 atom stereocenters. The average Bonchev–Trinajstić information content (AvgIpc) is 3.18. The number of rotatable bonds is 37. The first-order valence-corrected chi connectivity index (χ1v) is 22.2. The minimum Gasteiger partial charge on any atom is -0.457 e. The third-order valence-electron chi connectivity index (χ3n) is 10.0. The number of aliphatic hydroxyl groups excluding tert-OH is 4. The summed E-state index contributed by atoms with van der Waals surface area (Å²) in [5, 5.41) is 40.0. The molecular formula is C46H82O9. The van der Waals surface area contributed by atoms with Crippen LogP contribution in [0, 0.1) is 0 Å². The van der Waals surface area contributed by atoms with E-state index in [0.717, 1.165) is 57.8 Å². The molecule has 0 bridgehead atoms. The largest absolute Gasteiger partial charge is 0.457 e. The van der Waals surface area contributed by atoms with Crippen LogP contribution in [0.5, 0.6) is 0 Å². The average molecular weight is 779 g/mol.